The number of ether oxygens (including phenoxy) is 1. The van der Waals surface area contributed by atoms with Gasteiger partial charge in [-0.25, -0.2) is 0 Å². The van der Waals surface area contributed by atoms with Crippen LogP contribution in [0.3, 0.4) is 0 Å². The zero-order chi connectivity index (χ0) is 14.8. The van der Waals surface area contributed by atoms with E-state index in [9.17, 15) is 17.6 Å². The van der Waals surface area contributed by atoms with Crippen molar-refractivity contribution >= 4 is 12.4 Å². The van der Waals surface area contributed by atoms with Crippen LogP contribution in [0.25, 0.3) is 0 Å². The molecule has 0 aromatic heterocycles. The first-order valence-electron chi connectivity index (χ1n) is 5.74. The molecule has 1 atom stereocenters. The molecule has 1 rings (SSSR count). The number of nitrogens with two attached hydrogens (primary N) is 1. The van der Waals surface area contributed by atoms with Crippen molar-refractivity contribution in [2.24, 2.45) is 11.1 Å². The van der Waals surface area contributed by atoms with Gasteiger partial charge >= 0.3 is 12.5 Å². The Hall–Kier alpha value is -1.01. The molecule has 1 aromatic carbocycles. The summed E-state index contributed by atoms with van der Waals surface area (Å²) in [5.41, 5.74) is 6.51. The fourth-order valence-corrected chi connectivity index (χ4v) is 1.44. The maximum atomic E-state index is 12.7. The van der Waals surface area contributed by atoms with E-state index >= 15 is 0 Å². The second-order valence-electron chi connectivity index (χ2n) is 5.38. The first kappa shape index (κ1) is 19.0. The van der Waals surface area contributed by atoms with Crippen LogP contribution < -0.4 is 10.5 Å². The molecule has 0 radical (unpaired) electrons. The van der Waals surface area contributed by atoms with Gasteiger partial charge in [-0.05, 0) is 23.1 Å². The molecule has 7 heteroatoms. The zero-order valence-corrected chi connectivity index (χ0v) is 12.2. The van der Waals surface area contributed by atoms with Crippen molar-refractivity contribution < 1.29 is 22.3 Å². The first-order valence-corrected chi connectivity index (χ1v) is 5.74. The van der Waals surface area contributed by atoms with Gasteiger partial charge in [0.15, 0.2) is 0 Å². The lowest BCUT2D eigenvalue weighted by atomic mass is 9.83. The minimum atomic E-state index is -4.49. The average Bonchev–Trinajstić information content (AvgIpc) is 2.27. The second-order valence-corrected chi connectivity index (χ2v) is 5.38. The van der Waals surface area contributed by atoms with E-state index in [2.05, 4.69) is 4.74 Å². The predicted octanol–water partition coefficient (Wildman–Crippen LogP) is 4.39. The van der Waals surface area contributed by atoms with Crippen molar-refractivity contribution in [3.63, 3.8) is 0 Å². The Morgan fingerprint density at radius 3 is 1.85 bits per heavy atom. The molecule has 2 nitrogen and oxygen atoms in total. The van der Waals surface area contributed by atoms with E-state index in [-0.39, 0.29) is 29.6 Å². The van der Waals surface area contributed by atoms with Crippen molar-refractivity contribution in [3.8, 4) is 5.75 Å². The van der Waals surface area contributed by atoms with Crippen LogP contribution in [0, 0.1) is 5.41 Å². The average molecular weight is 316 g/mol. The summed E-state index contributed by atoms with van der Waals surface area (Å²) in [5.74, 6) is -0.324. The molecule has 0 saturated carbocycles. The van der Waals surface area contributed by atoms with E-state index in [1.54, 1.807) is 0 Å². The molecule has 0 aliphatic rings. The highest BCUT2D eigenvalue weighted by Crippen LogP contribution is 2.32. The molecule has 0 bridgehead atoms. The third-order valence-corrected chi connectivity index (χ3v) is 2.68. The van der Waals surface area contributed by atoms with E-state index in [0.29, 0.717) is 0 Å². The van der Waals surface area contributed by atoms with Crippen LogP contribution in [-0.4, -0.2) is 12.5 Å². The fourth-order valence-electron chi connectivity index (χ4n) is 1.44. The number of halogens is 5. The number of hydrogen-bond donors (Lipinski definition) is 1. The van der Waals surface area contributed by atoms with Crippen LogP contribution in [-0.2, 0) is 0 Å². The Balaban J connectivity index is 0.00000361. The molecule has 0 aliphatic heterocycles. The highest BCUT2D eigenvalue weighted by atomic mass is 35.5. The van der Waals surface area contributed by atoms with Crippen LogP contribution in [0.2, 0.25) is 0 Å². The summed E-state index contributed by atoms with van der Waals surface area (Å²) in [5, 5.41) is 0. The van der Waals surface area contributed by atoms with Gasteiger partial charge in [-0.3, -0.25) is 0 Å². The maximum Gasteiger partial charge on any atom is 0.461 e. The highest BCUT2D eigenvalue weighted by Gasteiger charge is 2.43. The van der Waals surface area contributed by atoms with Gasteiger partial charge in [-0.1, -0.05) is 32.9 Å². The van der Waals surface area contributed by atoms with Crippen molar-refractivity contribution in [2.45, 2.75) is 39.3 Å². The van der Waals surface area contributed by atoms with Gasteiger partial charge in [-0.2, -0.15) is 17.6 Å². The third kappa shape index (κ3) is 4.83. The standard InChI is InChI=1S/C13H17F4NO.ClH/c1-12(2,3)10(18)8-4-6-9(7-5-8)19-13(16,17)11(14)15;/h4-7,10-11H,18H2,1-3H3;1H/t10-;/m0./s1. The van der Waals surface area contributed by atoms with Crippen LogP contribution in [0.5, 0.6) is 5.75 Å². The lowest BCUT2D eigenvalue weighted by molar-refractivity contribution is -0.253. The summed E-state index contributed by atoms with van der Waals surface area (Å²) < 4.78 is 53.3. The SMILES string of the molecule is CC(C)(C)[C@@H](N)c1ccc(OC(F)(F)C(F)F)cc1.Cl. The molecule has 0 spiro atoms. The summed E-state index contributed by atoms with van der Waals surface area (Å²) in [6.07, 6.45) is -8.36. The fraction of sp³-hybridized carbons (Fsp3) is 0.538. The minimum absolute atomic E-state index is 0. The minimum Gasteiger partial charge on any atom is -0.428 e. The monoisotopic (exact) mass is 315 g/mol. The van der Waals surface area contributed by atoms with Gasteiger partial charge in [0.05, 0.1) is 0 Å². The molecule has 20 heavy (non-hydrogen) atoms. The Bertz CT molecular complexity index is 417. The van der Waals surface area contributed by atoms with Gasteiger partial charge in [-0.15, -0.1) is 12.4 Å². The van der Waals surface area contributed by atoms with Crippen LogP contribution in [0.1, 0.15) is 32.4 Å². The lowest BCUT2D eigenvalue weighted by Crippen LogP contribution is -2.33. The van der Waals surface area contributed by atoms with E-state index < -0.39 is 12.5 Å². The first-order chi connectivity index (χ1) is 8.54. The summed E-state index contributed by atoms with van der Waals surface area (Å²) >= 11 is 0. The maximum absolute atomic E-state index is 12.7. The van der Waals surface area contributed by atoms with E-state index in [4.69, 9.17) is 5.73 Å². The number of benzene rings is 1. The van der Waals surface area contributed by atoms with Crippen LogP contribution in [0.15, 0.2) is 24.3 Å². The lowest BCUT2D eigenvalue weighted by Gasteiger charge is -2.27. The van der Waals surface area contributed by atoms with Crippen molar-refractivity contribution in [2.75, 3.05) is 0 Å². The molecule has 0 unspecified atom stereocenters. The summed E-state index contributed by atoms with van der Waals surface area (Å²) in [6.45, 7) is 5.81. The summed E-state index contributed by atoms with van der Waals surface area (Å²) in [4.78, 5) is 0. The Morgan fingerprint density at radius 2 is 1.50 bits per heavy atom. The van der Waals surface area contributed by atoms with E-state index in [0.717, 1.165) is 5.56 Å². The smallest absolute Gasteiger partial charge is 0.428 e. The molecule has 2 N–H and O–H groups in total. The van der Waals surface area contributed by atoms with Crippen LogP contribution >= 0.6 is 12.4 Å². The number of rotatable bonds is 4. The van der Waals surface area contributed by atoms with Gasteiger partial charge in [0.1, 0.15) is 5.75 Å². The molecule has 0 saturated heterocycles. The van der Waals surface area contributed by atoms with E-state index in [1.165, 1.54) is 24.3 Å². The quantitative estimate of drug-likeness (QED) is 0.836. The molecule has 1 aromatic rings. The Labute approximate surface area is 121 Å². The molecule has 0 heterocycles. The van der Waals surface area contributed by atoms with Gasteiger partial charge in [0.25, 0.3) is 0 Å². The Morgan fingerprint density at radius 1 is 1.05 bits per heavy atom. The van der Waals surface area contributed by atoms with Gasteiger partial charge in [0, 0.05) is 6.04 Å². The molecule has 0 aliphatic carbocycles. The second kappa shape index (κ2) is 6.63. The van der Waals surface area contributed by atoms with Crippen molar-refractivity contribution in [1.29, 1.82) is 0 Å². The summed E-state index contributed by atoms with van der Waals surface area (Å²) in [7, 11) is 0. The normalized spacial score (nSPS) is 13.8. The third-order valence-electron chi connectivity index (χ3n) is 2.68. The highest BCUT2D eigenvalue weighted by molar-refractivity contribution is 5.85. The molecular weight excluding hydrogens is 298 g/mol. The Kier molecular flexibility index (Phi) is 6.29. The van der Waals surface area contributed by atoms with Crippen molar-refractivity contribution in [1.82, 2.24) is 0 Å². The van der Waals surface area contributed by atoms with Crippen LogP contribution in [0.4, 0.5) is 17.6 Å². The zero-order valence-electron chi connectivity index (χ0n) is 11.4. The molecular formula is C13H18ClF4NO. The predicted molar refractivity (Wildman–Crippen MR) is 71.7 cm³/mol. The van der Waals surface area contributed by atoms with Crippen molar-refractivity contribution in [3.05, 3.63) is 29.8 Å². The van der Waals surface area contributed by atoms with Gasteiger partial charge in [0.2, 0.25) is 0 Å². The van der Waals surface area contributed by atoms with E-state index in [1.807, 2.05) is 20.8 Å². The molecule has 0 amide bonds. The number of hydrogen-bond acceptors (Lipinski definition) is 2. The topological polar surface area (TPSA) is 35.2 Å². The largest absolute Gasteiger partial charge is 0.461 e. The molecule has 116 valence electrons. The van der Waals surface area contributed by atoms with Gasteiger partial charge < -0.3 is 10.5 Å². The summed E-state index contributed by atoms with van der Waals surface area (Å²) in [6, 6.07) is 5.10. The molecule has 0 fully saturated rings. The number of alkyl halides is 4.